The number of hydrogen-bond donors (Lipinski definition) is 2. The van der Waals surface area contributed by atoms with Crippen molar-refractivity contribution >= 4 is 5.91 Å². The van der Waals surface area contributed by atoms with Crippen LogP contribution in [0.15, 0.2) is 41.2 Å². The standard InChI is InChI=1S/C22H29N3O5/c1-15(2)24-22(27)20-21(30-13-16-8-4-3-5-9-16)18(26)12-17(25(20)23)14-29-19-10-6-7-11-28-19/h3-5,8-9,12,15,19H,6-7,10-11,13-14,23H2,1-2H3,(H,24,27). The molecule has 8 nitrogen and oxygen atoms in total. The van der Waals surface area contributed by atoms with Gasteiger partial charge in [-0.3, -0.25) is 14.3 Å². The van der Waals surface area contributed by atoms with Gasteiger partial charge in [-0.05, 0) is 38.7 Å². The van der Waals surface area contributed by atoms with Gasteiger partial charge in [0.15, 0.2) is 17.7 Å². The molecular weight excluding hydrogens is 386 g/mol. The van der Waals surface area contributed by atoms with Gasteiger partial charge in [0.25, 0.3) is 5.91 Å². The Morgan fingerprint density at radius 3 is 2.70 bits per heavy atom. The summed E-state index contributed by atoms with van der Waals surface area (Å²) < 4.78 is 18.2. The van der Waals surface area contributed by atoms with Gasteiger partial charge in [-0.1, -0.05) is 30.3 Å². The van der Waals surface area contributed by atoms with E-state index in [0.717, 1.165) is 24.8 Å². The highest BCUT2D eigenvalue weighted by molar-refractivity contribution is 5.95. The van der Waals surface area contributed by atoms with Gasteiger partial charge in [-0.25, -0.2) is 0 Å². The van der Waals surface area contributed by atoms with E-state index in [4.69, 9.17) is 20.1 Å². The summed E-state index contributed by atoms with van der Waals surface area (Å²) in [7, 11) is 0. The van der Waals surface area contributed by atoms with Crippen LogP contribution in [-0.2, 0) is 22.7 Å². The van der Waals surface area contributed by atoms with Crippen LogP contribution in [0.25, 0.3) is 0 Å². The van der Waals surface area contributed by atoms with Crippen LogP contribution in [0.3, 0.4) is 0 Å². The Labute approximate surface area is 175 Å². The Hall–Kier alpha value is -2.84. The number of amides is 1. The average molecular weight is 415 g/mol. The summed E-state index contributed by atoms with van der Waals surface area (Å²) >= 11 is 0. The van der Waals surface area contributed by atoms with Gasteiger partial charge >= 0.3 is 0 Å². The third kappa shape index (κ3) is 5.61. The lowest BCUT2D eigenvalue weighted by Gasteiger charge is -2.24. The SMILES string of the molecule is CC(C)NC(=O)c1c(OCc2ccccc2)c(=O)cc(COC2CCCCO2)n1N. The highest BCUT2D eigenvalue weighted by Crippen LogP contribution is 2.19. The number of hydrogen-bond acceptors (Lipinski definition) is 6. The summed E-state index contributed by atoms with van der Waals surface area (Å²) in [5.74, 6) is 5.66. The second-order valence-corrected chi connectivity index (χ2v) is 7.56. The molecule has 0 saturated carbocycles. The van der Waals surface area contributed by atoms with Gasteiger partial charge in [-0.15, -0.1) is 0 Å². The van der Waals surface area contributed by atoms with Crippen molar-refractivity contribution in [2.24, 2.45) is 0 Å². The molecule has 1 fully saturated rings. The highest BCUT2D eigenvalue weighted by atomic mass is 16.7. The first-order valence-electron chi connectivity index (χ1n) is 10.2. The van der Waals surface area contributed by atoms with Crippen molar-refractivity contribution in [2.75, 3.05) is 12.4 Å². The summed E-state index contributed by atoms with van der Waals surface area (Å²) in [6.45, 7) is 4.50. The number of carbonyl (C=O) groups excluding carboxylic acids is 1. The third-order valence-corrected chi connectivity index (χ3v) is 4.70. The number of benzene rings is 1. The zero-order valence-electron chi connectivity index (χ0n) is 17.4. The molecule has 2 heterocycles. The number of nitrogens with zero attached hydrogens (tertiary/aromatic N) is 1. The molecular formula is C22H29N3O5. The van der Waals surface area contributed by atoms with E-state index in [0.29, 0.717) is 12.3 Å². The molecule has 8 heteroatoms. The van der Waals surface area contributed by atoms with E-state index in [1.807, 2.05) is 44.2 Å². The van der Waals surface area contributed by atoms with Crippen molar-refractivity contribution in [3.8, 4) is 5.75 Å². The molecule has 3 rings (SSSR count). The smallest absolute Gasteiger partial charge is 0.274 e. The molecule has 0 aliphatic carbocycles. The molecule has 2 aromatic rings. The molecule has 1 amide bonds. The normalized spacial score (nSPS) is 16.4. The Bertz CT molecular complexity index is 905. The lowest BCUT2D eigenvalue weighted by Crippen LogP contribution is -2.37. The Balaban J connectivity index is 1.87. The Kier molecular flexibility index (Phi) is 7.48. The van der Waals surface area contributed by atoms with Crippen LogP contribution in [0.1, 0.15) is 54.9 Å². The van der Waals surface area contributed by atoms with Crippen LogP contribution < -0.4 is 21.3 Å². The monoisotopic (exact) mass is 415 g/mol. The van der Waals surface area contributed by atoms with E-state index in [1.165, 1.54) is 10.7 Å². The number of rotatable bonds is 8. The number of nitrogens with one attached hydrogen (secondary N) is 1. The predicted molar refractivity (Wildman–Crippen MR) is 113 cm³/mol. The van der Waals surface area contributed by atoms with E-state index in [-0.39, 0.29) is 37.0 Å². The molecule has 1 aromatic carbocycles. The van der Waals surface area contributed by atoms with Crippen molar-refractivity contribution in [1.82, 2.24) is 9.99 Å². The number of carbonyl (C=O) groups is 1. The number of pyridine rings is 1. The average Bonchev–Trinajstić information content (AvgIpc) is 2.73. The lowest BCUT2D eigenvalue weighted by molar-refractivity contribution is -0.169. The van der Waals surface area contributed by atoms with Gasteiger partial charge in [0.1, 0.15) is 6.61 Å². The maximum atomic E-state index is 12.8. The van der Waals surface area contributed by atoms with Crippen molar-refractivity contribution < 1.29 is 19.0 Å². The molecule has 162 valence electrons. The number of ether oxygens (including phenoxy) is 3. The van der Waals surface area contributed by atoms with Crippen LogP contribution in [0.5, 0.6) is 5.75 Å². The van der Waals surface area contributed by atoms with Crippen LogP contribution >= 0.6 is 0 Å². The fraction of sp³-hybridized carbons (Fsp3) is 0.455. The van der Waals surface area contributed by atoms with E-state index in [9.17, 15) is 9.59 Å². The zero-order chi connectivity index (χ0) is 21.5. The van der Waals surface area contributed by atoms with Crippen molar-refractivity contribution in [3.63, 3.8) is 0 Å². The lowest BCUT2D eigenvalue weighted by atomic mass is 10.2. The second-order valence-electron chi connectivity index (χ2n) is 7.56. The van der Waals surface area contributed by atoms with E-state index < -0.39 is 11.3 Å². The maximum absolute atomic E-state index is 12.8. The molecule has 0 radical (unpaired) electrons. The zero-order valence-corrected chi connectivity index (χ0v) is 17.4. The molecule has 1 aliphatic rings. The Morgan fingerprint density at radius 2 is 2.03 bits per heavy atom. The first-order chi connectivity index (χ1) is 14.5. The minimum atomic E-state index is -0.483. The van der Waals surface area contributed by atoms with Gasteiger partial charge in [0.2, 0.25) is 5.43 Å². The molecule has 1 aliphatic heterocycles. The van der Waals surface area contributed by atoms with Crippen molar-refractivity contribution in [3.05, 3.63) is 63.6 Å². The molecule has 1 unspecified atom stereocenters. The molecule has 30 heavy (non-hydrogen) atoms. The van der Waals surface area contributed by atoms with Gasteiger partial charge < -0.3 is 25.4 Å². The highest BCUT2D eigenvalue weighted by Gasteiger charge is 2.24. The Morgan fingerprint density at radius 1 is 1.27 bits per heavy atom. The number of nitrogen functional groups attached to an aromatic ring is 1. The van der Waals surface area contributed by atoms with Gasteiger partial charge in [0, 0.05) is 18.7 Å². The van der Waals surface area contributed by atoms with Crippen LogP contribution in [0.4, 0.5) is 0 Å². The predicted octanol–water partition coefficient (Wildman–Crippen LogP) is 2.32. The quantitative estimate of drug-likeness (QED) is 0.641. The molecule has 0 spiro atoms. The molecule has 1 aromatic heterocycles. The van der Waals surface area contributed by atoms with E-state index in [2.05, 4.69) is 5.32 Å². The minimum absolute atomic E-state index is 0.0321. The number of nitrogens with two attached hydrogens (primary N) is 1. The van der Waals surface area contributed by atoms with Gasteiger partial charge in [-0.2, -0.15) is 0 Å². The number of aromatic nitrogens is 1. The van der Waals surface area contributed by atoms with E-state index >= 15 is 0 Å². The van der Waals surface area contributed by atoms with Crippen LogP contribution in [0, 0.1) is 0 Å². The van der Waals surface area contributed by atoms with Crippen LogP contribution in [-0.4, -0.2) is 29.5 Å². The third-order valence-electron chi connectivity index (χ3n) is 4.70. The van der Waals surface area contributed by atoms with Crippen LogP contribution in [0.2, 0.25) is 0 Å². The molecule has 1 saturated heterocycles. The van der Waals surface area contributed by atoms with Crippen molar-refractivity contribution in [2.45, 2.75) is 58.7 Å². The summed E-state index contributed by atoms with van der Waals surface area (Å²) in [6, 6.07) is 10.6. The summed E-state index contributed by atoms with van der Waals surface area (Å²) in [5.41, 5.74) is 0.785. The fourth-order valence-electron chi connectivity index (χ4n) is 3.20. The largest absolute Gasteiger partial charge is 0.482 e. The first-order valence-corrected chi connectivity index (χ1v) is 10.2. The van der Waals surface area contributed by atoms with E-state index in [1.54, 1.807) is 0 Å². The first kappa shape index (κ1) is 21.9. The second kappa shape index (κ2) is 10.3. The maximum Gasteiger partial charge on any atom is 0.274 e. The molecule has 3 N–H and O–H groups in total. The summed E-state index contributed by atoms with van der Waals surface area (Å²) in [5, 5.41) is 2.77. The minimum Gasteiger partial charge on any atom is -0.482 e. The topological polar surface area (TPSA) is 105 Å². The van der Waals surface area contributed by atoms with Gasteiger partial charge in [0.05, 0.1) is 12.3 Å². The van der Waals surface area contributed by atoms with Crippen molar-refractivity contribution in [1.29, 1.82) is 0 Å². The fourth-order valence-corrected chi connectivity index (χ4v) is 3.20. The summed E-state index contributed by atoms with van der Waals surface area (Å²) in [6.07, 6.45) is 2.48. The molecule has 1 atom stereocenters. The summed E-state index contributed by atoms with van der Waals surface area (Å²) in [4.78, 5) is 25.6. The molecule has 0 bridgehead atoms.